The lowest BCUT2D eigenvalue weighted by Gasteiger charge is -2.34. The van der Waals surface area contributed by atoms with E-state index in [1.807, 2.05) is 0 Å². The number of aliphatic carboxylic acids is 1. The van der Waals surface area contributed by atoms with Gasteiger partial charge in [0, 0.05) is 57.5 Å². The van der Waals surface area contributed by atoms with Crippen molar-refractivity contribution in [3.05, 3.63) is 24.3 Å². The van der Waals surface area contributed by atoms with Crippen LogP contribution in [0.3, 0.4) is 0 Å². The number of carbonyl (C=O) groups is 8. The summed E-state index contributed by atoms with van der Waals surface area (Å²) in [5.74, 6) is -5.95. The van der Waals surface area contributed by atoms with Crippen LogP contribution in [-0.4, -0.2) is 123 Å². The van der Waals surface area contributed by atoms with Gasteiger partial charge in [-0.2, -0.15) is 0 Å². The normalized spacial score (nSPS) is 20.4. The van der Waals surface area contributed by atoms with Gasteiger partial charge in [-0.25, -0.2) is 9.59 Å². The molecule has 16 nitrogen and oxygen atoms in total. The van der Waals surface area contributed by atoms with Crippen molar-refractivity contribution in [1.82, 2.24) is 20.0 Å². The van der Waals surface area contributed by atoms with Crippen LogP contribution in [-0.2, 0) is 47.8 Å². The Bertz CT molecular complexity index is 1420. The third-order valence-corrected chi connectivity index (χ3v) is 8.23. The van der Waals surface area contributed by atoms with Crippen molar-refractivity contribution in [3.8, 4) is 0 Å². The molecule has 0 aromatic carbocycles. The Labute approximate surface area is 297 Å². The summed E-state index contributed by atoms with van der Waals surface area (Å²) in [5.41, 5.74) is -0.869. The Balaban J connectivity index is 1.57. The van der Waals surface area contributed by atoms with E-state index in [-0.39, 0.29) is 58.3 Å². The summed E-state index contributed by atoms with van der Waals surface area (Å²) in [6.45, 7) is 14.6. The van der Waals surface area contributed by atoms with E-state index in [1.54, 1.807) is 41.5 Å². The lowest BCUT2D eigenvalue weighted by atomic mass is 9.94. The number of carbonyl (C=O) groups excluding carboxylic acids is 7. The number of amides is 5. The number of carboxylic acids is 1. The summed E-state index contributed by atoms with van der Waals surface area (Å²) < 4.78 is 16.8. The Morgan fingerprint density at radius 1 is 0.941 bits per heavy atom. The number of nitrogens with zero attached hydrogens (tertiary/aromatic N) is 3. The highest BCUT2D eigenvalue weighted by atomic mass is 16.6. The van der Waals surface area contributed by atoms with Crippen molar-refractivity contribution in [2.24, 2.45) is 5.92 Å². The number of esters is 1. The lowest BCUT2D eigenvalue weighted by Crippen LogP contribution is -2.51. The number of ketones is 1. The molecule has 2 saturated heterocycles. The number of carboxylic acid groups (broad SMARTS) is 1. The SMILES string of the molecule is C=C1C[C@@H](C2OCCN2C(=O)CC[C@H](CC(=O)CC[C@H](NC(=O)CCN2C(=O)C=CC2=O)C(=O)OC(C)(C)C)C(=O)O)N(C(=O)OC(C)(C)C)C1. The van der Waals surface area contributed by atoms with Gasteiger partial charge >= 0.3 is 18.0 Å². The molecule has 51 heavy (non-hydrogen) atoms. The number of hydrogen-bond donors (Lipinski definition) is 2. The predicted molar refractivity (Wildman–Crippen MR) is 179 cm³/mol. The van der Waals surface area contributed by atoms with Crippen LogP contribution in [0.15, 0.2) is 24.3 Å². The maximum absolute atomic E-state index is 13.4. The van der Waals surface area contributed by atoms with Gasteiger partial charge in [-0.05, 0) is 60.8 Å². The number of imide groups is 1. The highest BCUT2D eigenvalue weighted by molar-refractivity contribution is 6.13. The van der Waals surface area contributed by atoms with Gasteiger partial charge in [0.15, 0.2) is 6.23 Å². The van der Waals surface area contributed by atoms with Gasteiger partial charge in [0.1, 0.15) is 23.0 Å². The van der Waals surface area contributed by atoms with Crippen LogP contribution in [0.1, 0.15) is 86.5 Å². The van der Waals surface area contributed by atoms with E-state index in [4.69, 9.17) is 14.2 Å². The average molecular weight is 719 g/mol. The molecule has 2 fully saturated rings. The van der Waals surface area contributed by atoms with E-state index >= 15 is 0 Å². The standard InChI is InChI=1S/C35H50N4O12/c1-21-18-25(39(20-21)33(48)51-35(5,6)7)30-38(16-17-49-30)29(44)11-8-22(31(45)46)19-23(40)9-10-24(32(47)50-34(2,3)4)36-26(41)14-15-37-27(42)12-13-28(37)43/h12-13,22,24-25,30H,1,8-11,14-20H2,2-7H3,(H,36,41)(H,45,46)/t22-,24+,25+,30?/m1/s1. The van der Waals surface area contributed by atoms with E-state index in [9.17, 15) is 43.5 Å². The van der Waals surface area contributed by atoms with Gasteiger partial charge < -0.3 is 29.5 Å². The van der Waals surface area contributed by atoms with E-state index in [0.717, 1.165) is 22.6 Å². The summed E-state index contributed by atoms with van der Waals surface area (Å²) >= 11 is 0. The quantitative estimate of drug-likeness (QED) is 0.142. The minimum absolute atomic E-state index is 0.148. The molecular formula is C35H50N4O12. The number of Topliss-reactive ketones (excluding diaryl/α,β-unsaturated/α-hetero) is 1. The van der Waals surface area contributed by atoms with Crippen molar-refractivity contribution < 1.29 is 57.7 Å². The highest BCUT2D eigenvalue weighted by Gasteiger charge is 2.45. The molecule has 0 radical (unpaired) electrons. The monoisotopic (exact) mass is 718 g/mol. The van der Waals surface area contributed by atoms with Crippen LogP contribution >= 0.6 is 0 Å². The fraction of sp³-hybridized carbons (Fsp3) is 0.657. The van der Waals surface area contributed by atoms with Crippen molar-refractivity contribution in [2.45, 2.75) is 116 Å². The summed E-state index contributed by atoms with van der Waals surface area (Å²) in [4.78, 5) is 104. The van der Waals surface area contributed by atoms with E-state index in [0.29, 0.717) is 6.42 Å². The highest BCUT2D eigenvalue weighted by Crippen LogP contribution is 2.31. The second-order valence-electron chi connectivity index (χ2n) is 14.9. The molecule has 0 bridgehead atoms. The zero-order chi connectivity index (χ0) is 38.3. The zero-order valence-electron chi connectivity index (χ0n) is 30.2. The molecule has 0 aliphatic carbocycles. The molecule has 3 rings (SSSR count). The van der Waals surface area contributed by atoms with Crippen molar-refractivity contribution >= 4 is 47.4 Å². The summed E-state index contributed by atoms with van der Waals surface area (Å²) in [6, 6.07) is -1.79. The van der Waals surface area contributed by atoms with Crippen LogP contribution in [0.5, 0.6) is 0 Å². The second-order valence-corrected chi connectivity index (χ2v) is 14.9. The molecule has 282 valence electrons. The van der Waals surface area contributed by atoms with Crippen molar-refractivity contribution in [3.63, 3.8) is 0 Å². The maximum atomic E-state index is 13.4. The fourth-order valence-electron chi connectivity index (χ4n) is 5.87. The van der Waals surface area contributed by atoms with E-state index in [1.165, 1.54) is 9.80 Å². The van der Waals surface area contributed by atoms with Crippen LogP contribution < -0.4 is 5.32 Å². The third-order valence-electron chi connectivity index (χ3n) is 8.23. The predicted octanol–water partition coefficient (Wildman–Crippen LogP) is 2.10. The number of nitrogens with one attached hydrogen (secondary N) is 1. The first kappa shape index (κ1) is 40.8. The molecule has 16 heteroatoms. The molecule has 3 heterocycles. The van der Waals surface area contributed by atoms with Crippen LogP contribution in [0, 0.1) is 5.92 Å². The Kier molecular flexibility index (Phi) is 13.7. The first-order chi connectivity index (χ1) is 23.6. The van der Waals surface area contributed by atoms with E-state index in [2.05, 4.69) is 11.9 Å². The minimum atomic E-state index is -1.27. The average Bonchev–Trinajstić information content (AvgIpc) is 3.72. The smallest absolute Gasteiger partial charge is 0.410 e. The molecule has 0 saturated carbocycles. The maximum Gasteiger partial charge on any atom is 0.410 e. The summed E-state index contributed by atoms with van der Waals surface area (Å²) in [5, 5.41) is 12.4. The number of ether oxygens (including phenoxy) is 3. The number of rotatable bonds is 15. The number of hydrogen-bond acceptors (Lipinski definition) is 11. The van der Waals surface area contributed by atoms with Gasteiger partial charge in [-0.1, -0.05) is 12.2 Å². The molecule has 2 N–H and O–H groups in total. The Hall–Kier alpha value is -4.60. The molecule has 1 unspecified atom stereocenters. The summed E-state index contributed by atoms with van der Waals surface area (Å²) in [6.07, 6.45) is -0.279. The fourth-order valence-corrected chi connectivity index (χ4v) is 5.87. The van der Waals surface area contributed by atoms with Gasteiger partial charge in [0.2, 0.25) is 11.8 Å². The van der Waals surface area contributed by atoms with Gasteiger partial charge in [-0.3, -0.25) is 38.6 Å². The van der Waals surface area contributed by atoms with Crippen LogP contribution in [0.25, 0.3) is 0 Å². The topological polar surface area (TPSA) is 206 Å². The molecular weight excluding hydrogens is 668 g/mol. The number of likely N-dealkylation sites (tertiary alicyclic amines) is 1. The molecule has 0 spiro atoms. The zero-order valence-corrected chi connectivity index (χ0v) is 30.2. The Morgan fingerprint density at radius 3 is 2.16 bits per heavy atom. The van der Waals surface area contributed by atoms with Gasteiger partial charge in [-0.15, -0.1) is 0 Å². The van der Waals surface area contributed by atoms with Crippen LogP contribution in [0.4, 0.5) is 4.79 Å². The molecule has 5 amide bonds. The van der Waals surface area contributed by atoms with Gasteiger partial charge in [0.25, 0.3) is 11.8 Å². The van der Waals surface area contributed by atoms with Crippen LogP contribution in [0.2, 0.25) is 0 Å². The Morgan fingerprint density at radius 2 is 1.57 bits per heavy atom. The van der Waals surface area contributed by atoms with Crippen molar-refractivity contribution in [1.29, 1.82) is 0 Å². The molecule has 0 aromatic heterocycles. The van der Waals surface area contributed by atoms with E-state index < -0.39 is 89.3 Å². The lowest BCUT2D eigenvalue weighted by molar-refractivity contribution is -0.159. The molecule has 4 atom stereocenters. The largest absolute Gasteiger partial charge is 0.481 e. The first-order valence-corrected chi connectivity index (χ1v) is 17.0. The molecule has 0 aromatic rings. The minimum Gasteiger partial charge on any atom is -0.481 e. The van der Waals surface area contributed by atoms with Crippen molar-refractivity contribution in [2.75, 3.05) is 26.2 Å². The summed E-state index contributed by atoms with van der Waals surface area (Å²) in [7, 11) is 0. The second kappa shape index (κ2) is 17.1. The molecule has 3 aliphatic rings. The third kappa shape index (κ3) is 12.3. The first-order valence-electron chi connectivity index (χ1n) is 17.0. The molecule has 3 aliphatic heterocycles. The van der Waals surface area contributed by atoms with Gasteiger partial charge in [0.05, 0.1) is 18.6 Å².